The predicted molar refractivity (Wildman–Crippen MR) is 122 cm³/mol. The molecule has 2 aliphatic rings. The van der Waals surface area contributed by atoms with Gasteiger partial charge in [-0.2, -0.15) is 0 Å². The minimum absolute atomic E-state index is 0.316. The summed E-state index contributed by atoms with van der Waals surface area (Å²) in [7, 11) is 2.11. The van der Waals surface area contributed by atoms with Crippen molar-refractivity contribution in [3.63, 3.8) is 0 Å². The van der Waals surface area contributed by atoms with Gasteiger partial charge in [-0.15, -0.1) is 0 Å². The number of nitrogens with one attached hydrogen (secondary N) is 2. The maximum absolute atomic E-state index is 13.0. The van der Waals surface area contributed by atoms with E-state index in [4.69, 9.17) is 0 Å². The van der Waals surface area contributed by atoms with E-state index in [0.717, 1.165) is 42.3 Å². The Morgan fingerprint density at radius 2 is 1.66 bits per heavy atom. The fraction of sp³-hybridized carbons (Fsp3) is 0.375. The van der Waals surface area contributed by atoms with Gasteiger partial charge >= 0.3 is 6.03 Å². The number of amides is 4. The van der Waals surface area contributed by atoms with Crippen molar-refractivity contribution in [1.29, 1.82) is 0 Å². The first-order valence-corrected chi connectivity index (χ1v) is 10.9. The zero-order chi connectivity index (χ0) is 22.7. The molecular weight excluding hydrogens is 406 g/mol. The van der Waals surface area contributed by atoms with E-state index in [1.54, 1.807) is 19.1 Å². The third-order valence-electron chi connectivity index (χ3n) is 6.24. The Labute approximate surface area is 188 Å². The third-order valence-corrected chi connectivity index (χ3v) is 6.24. The number of anilines is 1. The highest BCUT2D eigenvalue weighted by Gasteiger charge is 2.49. The van der Waals surface area contributed by atoms with Gasteiger partial charge in [0, 0.05) is 38.4 Å². The molecule has 0 radical (unpaired) electrons. The number of benzene rings is 2. The summed E-state index contributed by atoms with van der Waals surface area (Å²) < 4.78 is 0. The lowest BCUT2D eigenvalue weighted by Gasteiger charge is -2.35. The van der Waals surface area contributed by atoms with Crippen LogP contribution in [0.15, 0.2) is 54.6 Å². The predicted octanol–water partition coefficient (Wildman–Crippen LogP) is 1.52. The summed E-state index contributed by atoms with van der Waals surface area (Å²) >= 11 is 0. The molecule has 4 amide bonds. The zero-order valence-corrected chi connectivity index (χ0v) is 18.5. The number of para-hydroxylation sites is 1. The summed E-state index contributed by atoms with van der Waals surface area (Å²) in [4.78, 5) is 43.7. The lowest BCUT2D eigenvalue weighted by Crippen LogP contribution is -2.45. The van der Waals surface area contributed by atoms with E-state index in [2.05, 4.69) is 33.5 Å². The van der Waals surface area contributed by atoms with Crippen LogP contribution in [0, 0.1) is 0 Å². The number of imide groups is 1. The number of hydrogen-bond acceptors (Lipinski definition) is 5. The van der Waals surface area contributed by atoms with E-state index in [1.165, 1.54) is 0 Å². The Hall–Kier alpha value is -3.39. The molecule has 1 atom stereocenters. The molecule has 0 spiro atoms. The van der Waals surface area contributed by atoms with Crippen LogP contribution >= 0.6 is 0 Å². The van der Waals surface area contributed by atoms with Crippen LogP contribution in [0.1, 0.15) is 18.1 Å². The van der Waals surface area contributed by atoms with Gasteiger partial charge in [-0.1, -0.05) is 48.5 Å². The van der Waals surface area contributed by atoms with E-state index >= 15 is 0 Å². The van der Waals surface area contributed by atoms with Crippen molar-refractivity contribution < 1.29 is 14.4 Å². The number of nitrogens with zero attached hydrogens (tertiary/aromatic N) is 3. The fourth-order valence-electron chi connectivity index (χ4n) is 4.22. The molecule has 2 saturated heterocycles. The number of rotatable bonds is 6. The average Bonchev–Trinajstić information content (AvgIpc) is 3.03. The van der Waals surface area contributed by atoms with Crippen molar-refractivity contribution in [2.24, 2.45) is 0 Å². The molecule has 2 fully saturated rings. The van der Waals surface area contributed by atoms with Gasteiger partial charge in [0.2, 0.25) is 5.91 Å². The molecule has 2 N–H and O–H groups in total. The highest BCUT2D eigenvalue weighted by atomic mass is 16.2. The minimum Gasteiger partial charge on any atom is -0.369 e. The quantitative estimate of drug-likeness (QED) is 0.672. The number of piperazine rings is 1. The zero-order valence-electron chi connectivity index (χ0n) is 18.5. The molecule has 0 bridgehead atoms. The van der Waals surface area contributed by atoms with Crippen molar-refractivity contribution in [3.05, 3.63) is 65.7 Å². The first kappa shape index (κ1) is 21.8. The first-order chi connectivity index (χ1) is 15.4. The molecule has 32 heavy (non-hydrogen) atoms. The van der Waals surface area contributed by atoms with Crippen LogP contribution in [0.2, 0.25) is 0 Å². The van der Waals surface area contributed by atoms with Gasteiger partial charge < -0.3 is 20.4 Å². The van der Waals surface area contributed by atoms with Crippen LogP contribution in [-0.4, -0.2) is 67.4 Å². The highest BCUT2D eigenvalue weighted by Crippen LogP contribution is 2.28. The SMILES string of the molecule is CN1CCN(c2ccccc2CNC(=O)CN2C(=O)NC(C)(c3ccccc3)C2=O)CC1. The molecule has 1 unspecified atom stereocenters. The Balaban J connectivity index is 1.39. The van der Waals surface area contributed by atoms with Gasteiger partial charge in [0.05, 0.1) is 0 Å². The summed E-state index contributed by atoms with van der Waals surface area (Å²) in [6, 6.07) is 16.5. The summed E-state index contributed by atoms with van der Waals surface area (Å²) in [5.41, 5.74) is 1.62. The number of urea groups is 1. The van der Waals surface area contributed by atoms with Crippen molar-refractivity contribution in [2.75, 3.05) is 44.7 Å². The van der Waals surface area contributed by atoms with Crippen LogP contribution in [0.25, 0.3) is 0 Å². The molecule has 8 nitrogen and oxygen atoms in total. The number of hydrogen-bond donors (Lipinski definition) is 2. The third kappa shape index (κ3) is 4.31. The fourth-order valence-corrected chi connectivity index (χ4v) is 4.22. The standard InChI is InChI=1S/C24H29N5O3/c1-24(19-9-4-3-5-10-19)22(31)29(23(32)26-24)17-21(30)25-16-18-8-6-7-11-20(18)28-14-12-27(2)13-15-28/h3-11H,12-17H2,1-2H3,(H,25,30)(H,26,32). The summed E-state index contributed by atoms with van der Waals surface area (Å²) in [6.45, 7) is 5.53. The number of likely N-dealkylation sites (N-methyl/N-ethyl adjacent to an activating group) is 1. The minimum atomic E-state index is -1.17. The van der Waals surface area contributed by atoms with Gasteiger partial charge in [0.25, 0.3) is 5.91 Å². The lowest BCUT2D eigenvalue weighted by atomic mass is 9.92. The highest BCUT2D eigenvalue weighted by molar-refractivity contribution is 6.09. The molecule has 2 aromatic carbocycles. The van der Waals surface area contributed by atoms with Crippen molar-refractivity contribution in [3.8, 4) is 0 Å². The monoisotopic (exact) mass is 435 g/mol. The smallest absolute Gasteiger partial charge is 0.325 e. The Morgan fingerprint density at radius 1 is 1.00 bits per heavy atom. The van der Waals surface area contributed by atoms with Crippen LogP contribution in [0.5, 0.6) is 0 Å². The van der Waals surface area contributed by atoms with Gasteiger partial charge in [-0.05, 0) is 31.2 Å². The normalized spacial score (nSPS) is 21.6. The van der Waals surface area contributed by atoms with Gasteiger partial charge in [-0.3, -0.25) is 14.5 Å². The van der Waals surface area contributed by atoms with Crippen molar-refractivity contribution in [1.82, 2.24) is 20.4 Å². The van der Waals surface area contributed by atoms with E-state index in [9.17, 15) is 14.4 Å². The van der Waals surface area contributed by atoms with E-state index in [1.807, 2.05) is 36.4 Å². The molecule has 0 aliphatic carbocycles. The van der Waals surface area contributed by atoms with E-state index in [0.29, 0.717) is 12.1 Å². The van der Waals surface area contributed by atoms with Crippen LogP contribution < -0.4 is 15.5 Å². The topological polar surface area (TPSA) is 85.0 Å². The second-order valence-corrected chi connectivity index (χ2v) is 8.51. The molecule has 0 saturated carbocycles. The summed E-state index contributed by atoms with van der Waals surface area (Å²) in [6.07, 6.45) is 0. The first-order valence-electron chi connectivity index (χ1n) is 10.9. The van der Waals surface area contributed by atoms with Crippen LogP contribution in [0.3, 0.4) is 0 Å². The molecule has 4 rings (SSSR count). The molecule has 2 aliphatic heterocycles. The molecule has 168 valence electrons. The Kier molecular flexibility index (Phi) is 6.14. The molecule has 2 heterocycles. The number of carbonyl (C=O) groups is 3. The van der Waals surface area contributed by atoms with Gasteiger partial charge in [0.1, 0.15) is 12.1 Å². The summed E-state index contributed by atoms with van der Waals surface area (Å²) in [5, 5.41) is 5.60. The van der Waals surface area contributed by atoms with Gasteiger partial charge in [-0.25, -0.2) is 4.79 Å². The second kappa shape index (κ2) is 9.00. The van der Waals surface area contributed by atoms with E-state index in [-0.39, 0.29) is 12.5 Å². The average molecular weight is 436 g/mol. The maximum Gasteiger partial charge on any atom is 0.325 e. The molecule has 8 heteroatoms. The Bertz CT molecular complexity index is 1000. The molecule has 2 aromatic rings. The summed E-state index contributed by atoms with van der Waals surface area (Å²) in [5.74, 6) is -0.805. The van der Waals surface area contributed by atoms with Gasteiger partial charge in [0.15, 0.2) is 0 Å². The largest absolute Gasteiger partial charge is 0.369 e. The number of carbonyl (C=O) groups excluding carboxylic acids is 3. The molecule has 0 aromatic heterocycles. The van der Waals surface area contributed by atoms with E-state index < -0.39 is 17.5 Å². The van der Waals surface area contributed by atoms with Crippen molar-refractivity contribution >= 4 is 23.5 Å². The lowest BCUT2D eigenvalue weighted by molar-refractivity contribution is -0.134. The van der Waals surface area contributed by atoms with Crippen molar-refractivity contribution in [2.45, 2.75) is 19.0 Å². The van der Waals surface area contributed by atoms with Crippen LogP contribution in [-0.2, 0) is 21.7 Å². The van der Waals surface area contributed by atoms with Crippen LogP contribution in [0.4, 0.5) is 10.5 Å². The maximum atomic E-state index is 13.0. The Morgan fingerprint density at radius 3 is 2.38 bits per heavy atom. The molecular formula is C24H29N5O3. The second-order valence-electron chi connectivity index (χ2n) is 8.51.